The van der Waals surface area contributed by atoms with E-state index in [-0.39, 0.29) is 17.3 Å². The molecule has 0 spiro atoms. The molecule has 3 rings (SSSR count). The lowest BCUT2D eigenvalue weighted by atomic mass is 10.1. The van der Waals surface area contributed by atoms with Gasteiger partial charge in [-0.05, 0) is 31.0 Å². The highest BCUT2D eigenvalue weighted by Crippen LogP contribution is 2.14. The zero-order valence-corrected chi connectivity index (χ0v) is 12.1. The molecule has 4 heteroatoms. The van der Waals surface area contributed by atoms with Crippen LogP contribution in [-0.2, 0) is 0 Å². The Labute approximate surface area is 122 Å². The number of aromatic nitrogens is 2. The summed E-state index contributed by atoms with van der Waals surface area (Å²) in [5.74, 6) is 0.375. The van der Waals surface area contributed by atoms with E-state index >= 15 is 0 Å². The van der Waals surface area contributed by atoms with Crippen molar-refractivity contribution < 1.29 is 4.39 Å². The fraction of sp³-hybridized carbons (Fsp3) is 0.294. The highest BCUT2D eigenvalue weighted by molar-refractivity contribution is 5.39. The van der Waals surface area contributed by atoms with Gasteiger partial charge in [-0.1, -0.05) is 32.1 Å². The van der Waals surface area contributed by atoms with E-state index in [1.54, 1.807) is 12.1 Å². The minimum absolute atomic E-state index is 0.0709. The van der Waals surface area contributed by atoms with Crippen LogP contribution < -0.4 is 16.1 Å². The summed E-state index contributed by atoms with van der Waals surface area (Å²) in [6.07, 6.45) is 5.66. The Morgan fingerprint density at radius 1 is 1.24 bits per heavy atom. The summed E-state index contributed by atoms with van der Waals surface area (Å²) < 4.78 is 15.0. The summed E-state index contributed by atoms with van der Waals surface area (Å²) >= 11 is 0. The van der Waals surface area contributed by atoms with Gasteiger partial charge in [0.1, 0.15) is 11.6 Å². The van der Waals surface area contributed by atoms with Gasteiger partial charge >= 0.3 is 0 Å². The first-order chi connectivity index (χ1) is 10.1. The average Bonchev–Trinajstić information content (AvgIpc) is 2.47. The first kappa shape index (κ1) is 13.7. The second-order valence-corrected chi connectivity index (χ2v) is 5.53. The summed E-state index contributed by atoms with van der Waals surface area (Å²) in [5, 5.41) is 1.37. The third-order valence-electron chi connectivity index (χ3n) is 3.61. The van der Waals surface area contributed by atoms with Crippen LogP contribution in [0.3, 0.4) is 0 Å². The Bertz CT molecular complexity index is 865. The van der Waals surface area contributed by atoms with E-state index < -0.39 is 0 Å². The molecule has 0 N–H and O–H groups in total. The fourth-order valence-corrected chi connectivity index (χ4v) is 2.61. The van der Waals surface area contributed by atoms with Gasteiger partial charge < -0.3 is 0 Å². The number of hydrogen-bond donors (Lipinski definition) is 0. The van der Waals surface area contributed by atoms with Gasteiger partial charge in [0, 0.05) is 5.92 Å². The molecule has 21 heavy (non-hydrogen) atoms. The van der Waals surface area contributed by atoms with Crippen LogP contribution >= 0.6 is 0 Å². The third-order valence-corrected chi connectivity index (χ3v) is 3.61. The molecule has 1 aromatic carbocycles. The summed E-state index contributed by atoms with van der Waals surface area (Å²) in [7, 11) is 0. The molecule has 108 valence electrons. The van der Waals surface area contributed by atoms with Gasteiger partial charge in [0.15, 0.2) is 0 Å². The van der Waals surface area contributed by atoms with Crippen LogP contribution in [0.25, 0.3) is 17.8 Å². The zero-order chi connectivity index (χ0) is 15.0. The first-order valence-corrected chi connectivity index (χ1v) is 7.17. The van der Waals surface area contributed by atoms with E-state index in [0.29, 0.717) is 16.7 Å². The van der Waals surface area contributed by atoms with Crippen molar-refractivity contribution in [3.63, 3.8) is 0 Å². The van der Waals surface area contributed by atoms with Crippen molar-refractivity contribution in [2.24, 2.45) is 0 Å². The normalized spacial score (nSPS) is 13.5. The number of nitrogens with zero attached hydrogens (tertiary/aromatic N) is 2. The van der Waals surface area contributed by atoms with E-state index in [9.17, 15) is 9.18 Å². The van der Waals surface area contributed by atoms with Crippen LogP contribution in [0, 0.1) is 5.82 Å². The maximum atomic E-state index is 13.5. The van der Waals surface area contributed by atoms with Crippen molar-refractivity contribution in [2.75, 3.05) is 0 Å². The molecule has 0 amide bonds. The predicted octanol–water partition coefficient (Wildman–Crippen LogP) is 1.85. The molecule has 0 saturated heterocycles. The monoisotopic (exact) mass is 284 g/mol. The molecule has 0 atom stereocenters. The highest BCUT2D eigenvalue weighted by atomic mass is 19.1. The Hall–Kier alpha value is -2.23. The Kier molecular flexibility index (Phi) is 3.45. The number of benzene rings is 1. The van der Waals surface area contributed by atoms with Crippen molar-refractivity contribution in [3.05, 3.63) is 56.8 Å². The van der Waals surface area contributed by atoms with Gasteiger partial charge in [-0.3, -0.25) is 9.36 Å². The smallest absolute Gasteiger partial charge is 0.265 e. The standard InChI is InChI=1S/C17H17FN2O/c1-11(2)16-19-15-9-4-3-8-14(15)17(21)20(16)13-7-5-6-12(18)10-13/h5-11H,3-4H2,1-2H3. The summed E-state index contributed by atoms with van der Waals surface area (Å²) in [5.41, 5.74) is 0.406. The first-order valence-electron chi connectivity index (χ1n) is 7.17. The fourth-order valence-electron chi connectivity index (χ4n) is 2.61. The molecule has 3 nitrogen and oxygen atoms in total. The lowest BCUT2D eigenvalue weighted by Crippen LogP contribution is -2.49. The Balaban J connectivity index is 2.42. The van der Waals surface area contributed by atoms with Crippen molar-refractivity contribution in [2.45, 2.75) is 32.6 Å². The summed E-state index contributed by atoms with van der Waals surface area (Å²) in [4.78, 5) is 17.4. The number of rotatable bonds is 2. The van der Waals surface area contributed by atoms with Gasteiger partial charge in [-0.2, -0.15) is 0 Å². The van der Waals surface area contributed by atoms with E-state index in [4.69, 9.17) is 0 Å². The van der Waals surface area contributed by atoms with Crippen LogP contribution in [0.1, 0.15) is 38.4 Å². The van der Waals surface area contributed by atoms with E-state index in [1.165, 1.54) is 16.7 Å². The number of halogens is 1. The molecule has 0 unspecified atom stereocenters. The predicted molar refractivity (Wildman–Crippen MR) is 81.3 cm³/mol. The third kappa shape index (κ3) is 2.42. The quantitative estimate of drug-likeness (QED) is 0.843. The largest absolute Gasteiger partial charge is 0.268 e. The van der Waals surface area contributed by atoms with Gasteiger partial charge in [0.25, 0.3) is 5.56 Å². The van der Waals surface area contributed by atoms with Crippen molar-refractivity contribution >= 4 is 12.2 Å². The molecule has 0 bridgehead atoms. The van der Waals surface area contributed by atoms with Crippen molar-refractivity contribution in [1.82, 2.24) is 9.55 Å². The maximum Gasteiger partial charge on any atom is 0.265 e. The lowest BCUT2D eigenvalue weighted by Gasteiger charge is -2.16. The molecule has 0 radical (unpaired) electrons. The van der Waals surface area contributed by atoms with E-state index in [0.717, 1.165) is 18.2 Å². The summed E-state index contributed by atoms with van der Waals surface area (Å²) in [6, 6.07) is 6.08. The zero-order valence-electron chi connectivity index (χ0n) is 12.1. The van der Waals surface area contributed by atoms with Gasteiger partial charge in [-0.15, -0.1) is 0 Å². The molecule has 0 aliphatic heterocycles. The van der Waals surface area contributed by atoms with Crippen LogP contribution in [0.4, 0.5) is 4.39 Å². The van der Waals surface area contributed by atoms with Crippen LogP contribution in [0.15, 0.2) is 29.1 Å². The molecular formula is C17H17FN2O. The number of fused-ring (bicyclic) bond motifs is 1. The highest BCUT2D eigenvalue weighted by Gasteiger charge is 2.14. The van der Waals surface area contributed by atoms with Crippen LogP contribution in [-0.4, -0.2) is 9.55 Å². The molecule has 2 aromatic rings. The average molecular weight is 284 g/mol. The van der Waals surface area contributed by atoms with E-state index in [1.807, 2.05) is 26.0 Å². The molecule has 1 aliphatic carbocycles. The molecular weight excluding hydrogens is 267 g/mol. The Morgan fingerprint density at radius 3 is 2.71 bits per heavy atom. The van der Waals surface area contributed by atoms with Crippen molar-refractivity contribution in [3.8, 4) is 5.69 Å². The van der Waals surface area contributed by atoms with Crippen LogP contribution in [0.2, 0.25) is 0 Å². The van der Waals surface area contributed by atoms with Crippen LogP contribution in [0.5, 0.6) is 0 Å². The van der Waals surface area contributed by atoms with Gasteiger partial charge in [0.2, 0.25) is 0 Å². The molecule has 1 heterocycles. The van der Waals surface area contributed by atoms with Crippen molar-refractivity contribution in [1.29, 1.82) is 0 Å². The minimum atomic E-state index is -0.359. The topological polar surface area (TPSA) is 34.9 Å². The molecule has 0 fully saturated rings. The number of hydrogen-bond acceptors (Lipinski definition) is 2. The van der Waals surface area contributed by atoms with Gasteiger partial charge in [-0.25, -0.2) is 9.37 Å². The van der Waals surface area contributed by atoms with Gasteiger partial charge in [0.05, 0.1) is 16.3 Å². The molecule has 1 aromatic heterocycles. The second kappa shape index (κ2) is 5.28. The second-order valence-electron chi connectivity index (χ2n) is 5.53. The molecule has 1 aliphatic rings. The summed E-state index contributed by atoms with van der Waals surface area (Å²) in [6.45, 7) is 3.97. The minimum Gasteiger partial charge on any atom is -0.268 e. The SMILES string of the molecule is CC(C)c1nc2c(c(=O)n1-c1cccc(F)c1)=CCCC=2. The lowest BCUT2D eigenvalue weighted by molar-refractivity contribution is 0.623. The molecule has 0 saturated carbocycles. The maximum absolute atomic E-state index is 13.5. The van der Waals surface area contributed by atoms with E-state index in [2.05, 4.69) is 4.98 Å². The Morgan fingerprint density at radius 2 is 2.00 bits per heavy atom.